The molecule has 0 aromatic heterocycles. The zero-order valence-electron chi connectivity index (χ0n) is 7.19. The van der Waals surface area contributed by atoms with E-state index in [-0.39, 0.29) is 6.61 Å². The summed E-state index contributed by atoms with van der Waals surface area (Å²) in [5, 5.41) is 11.0. The van der Waals surface area contributed by atoms with Crippen molar-refractivity contribution in [1.29, 1.82) is 5.26 Å². The normalized spacial score (nSPS) is 13.8. The molecule has 13 heavy (non-hydrogen) atoms. The smallest absolute Gasteiger partial charge is 0.378 e. The van der Waals surface area contributed by atoms with Gasteiger partial charge in [-0.2, -0.15) is 18.4 Å². The first-order chi connectivity index (χ1) is 5.99. The van der Waals surface area contributed by atoms with Crippen molar-refractivity contribution >= 4 is 0 Å². The fraction of sp³-hybridized carbons (Fsp3) is 0.857. The van der Waals surface area contributed by atoms with Gasteiger partial charge in [0.25, 0.3) is 0 Å². The van der Waals surface area contributed by atoms with Crippen molar-refractivity contribution in [2.75, 3.05) is 20.3 Å². The minimum absolute atomic E-state index is 0.0247. The molecule has 0 spiro atoms. The molecule has 0 radical (unpaired) electrons. The summed E-state index contributed by atoms with van der Waals surface area (Å²) in [6.45, 7) is -0.424. The molecule has 0 heterocycles. The van der Waals surface area contributed by atoms with Crippen LogP contribution in [0.15, 0.2) is 0 Å². The van der Waals surface area contributed by atoms with E-state index < -0.39 is 25.2 Å². The number of halogens is 3. The van der Waals surface area contributed by atoms with Crippen LogP contribution in [0.1, 0.15) is 6.42 Å². The number of nitrogens with zero attached hydrogens (tertiary/aromatic N) is 1. The van der Waals surface area contributed by atoms with E-state index in [4.69, 9.17) is 5.26 Å². The van der Waals surface area contributed by atoms with Crippen LogP contribution in [-0.2, 0) is 4.74 Å². The average Bonchev–Trinajstić information content (AvgIpc) is 2.03. The number of hydrogen-bond acceptors (Lipinski definition) is 3. The molecule has 0 rings (SSSR count). The second kappa shape index (κ2) is 5.78. The van der Waals surface area contributed by atoms with E-state index in [0.717, 1.165) is 0 Å². The van der Waals surface area contributed by atoms with E-state index in [1.165, 1.54) is 0 Å². The predicted molar refractivity (Wildman–Crippen MR) is 40.0 cm³/mol. The van der Waals surface area contributed by atoms with Crippen molar-refractivity contribution in [2.45, 2.75) is 18.6 Å². The third kappa shape index (κ3) is 7.56. The van der Waals surface area contributed by atoms with Gasteiger partial charge in [0.2, 0.25) is 0 Å². The van der Waals surface area contributed by atoms with Crippen molar-refractivity contribution in [3.05, 3.63) is 0 Å². The Morgan fingerprint density at radius 1 is 1.54 bits per heavy atom. The molecule has 0 saturated heterocycles. The summed E-state index contributed by atoms with van der Waals surface area (Å²) in [4.78, 5) is 0. The molecule has 1 atom stereocenters. The molecule has 0 aliphatic heterocycles. The van der Waals surface area contributed by atoms with Gasteiger partial charge in [-0.1, -0.05) is 0 Å². The molecule has 3 nitrogen and oxygen atoms in total. The first-order valence-electron chi connectivity index (χ1n) is 3.71. The summed E-state index contributed by atoms with van der Waals surface area (Å²) in [6, 6.07) is 1.28. The van der Waals surface area contributed by atoms with Crippen LogP contribution < -0.4 is 5.32 Å². The highest BCUT2D eigenvalue weighted by Crippen LogP contribution is 2.18. The number of likely N-dealkylation sites (N-methyl/N-ethyl adjacent to an activating group) is 1. The number of hydrogen-bond donors (Lipinski definition) is 1. The minimum atomic E-state index is -4.19. The number of nitrogens with one attached hydrogen (secondary N) is 1. The van der Waals surface area contributed by atoms with Gasteiger partial charge in [-0.3, -0.25) is 0 Å². The second-order valence-electron chi connectivity index (χ2n) is 2.41. The predicted octanol–water partition coefficient (Wildman–Crippen LogP) is 1.07. The van der Waals surface area contributed by atoms with E-state index in [2.05, 4.69) is 10.1 Å². The molecule has 0 aromatic rings. The number of ether oxygens (including phenoxy) is 1. The SMILES string of the molecule is CNC(C#N)COCCC(F)(F)F. The Morgan fingerprint density at radius 2 is 2.15 bits per heavy atom. The third-order valence-electron chi connectivity index (χ3n) is 1.32. The van der Waals surface area contributed by atoms with Crippen molar-refractivity contribution < 1.29 is 17.9 Å². The molecule has 76 valence electrons. The Hall–Kier alpha value is -0.800. The number of alkyl halides is 3. The van der Waals surface area contributed by atoms with E-state index in [0.29, 0.717) is 0 Å². The Bertz CT molecular complexity index is 176. The maximum atomic E-state index is 11.6. The highest BCUT2D eigenvalue weighted by atomic mass is 19.4. The summed E-state index contributed by atoms with van der Waals surface area (Å²) >= 11 is 0. The molecule has 0 aliphatic carbocycles. The average molecular weight is 196 g/mol. The van der Waals surface area contributed by atoms with Gasteiger partial charge in [-0.15, -0.1) is 0 Å². The summed E-state index contributed by atoms with van der Waals surface area (Å²) in [5.74, 6) is 0. The molecule has 1 unspecified atom stereocenters. The van der Waals surface area contributed by atoms with Crippen molar-refractivity contribution in [3.8, 4) is 6.07 Å². The lowest BCUT2D eigenvalue weighted by molar-refractivity contribution is -0.145. The summed E-state index contributed by atoms with van der Waals surface area (Å²) < 4.78 is 39.4. The number of nitriles is 1. The van der Waals surface area contributed by atoms with Crippen LogP contribution in [0.4, 0.5) is 13.2 Å². The molecular formula is C7H11F3N2O. The van der Waals surface area contributed by atoms with Crippen LogP contribution in [0, 0.1) is 11.3 Å². The Morgan fingerprint density at radius 3 is 2.54 bits per heavy atom. The highest BCUT2D eigenvalue weighted by molar-refractivity contribution is 4.88. The zero-order valence-corrected chi connectivity index (χ0v) is 7.19. The minimum Gasteiger partial charge on any atom is -0.378 e. The molecule has 0 saturated carbocycles. The first kappa shape index (κ1) is 12.2. The van der Waals surface area contributed by atoms with Crippen molar-refractivity contribution in [2.24, 2.45) is 0 Å². The summed E-state index contributed by atoms with van der Waals surface area (Å²) in [5.41, 5.74) is 0. The van der Waals surface area contributed by atoms with E-state index in [9.17, 15) is 13.2 Å². The first-order valence-corrected chi connectivity index (χ1v) is 3.71. The molecular weight excluding hydrogens is 185 g/mol. The third-order valence-corrected chi connectivity index (χ3v) is 1.32. The topological polar surface area (TPSA) is 45.0 Å². The molecule has 0 amide bonds. The van der Waals surface area contributed by atoms with Gasteiger partial charge < -0.3 is 10.1 Å². The van der Waals surface area contributed by atoms with Crippen LogP contribution in [0.5, 0.6) is 0 Å². The molecule has 0 aliphatic rings. The standard InChI is InChI=1S/C7H11F3N2O/c1-12-6(4-11)5-13-3-2-7(8,9)10/h6,12H,2-3,5H2,1H3. The van der Waals surface area contributed by atoms with Crippen LogP contribution in [-0.4, -0.2) is 32.5 Å². The van der Waals surface area contributed by atoms with E-state index in [1.807, 2.05) is 6.07 Å². The molecule has 1 N–H and O–H groups in total. The van der Waals surface area contributed by atoms with Crippen molar-refractivity contribution in [3.63, 3.8) is 0 Å². The van der Waals surface area contributed by atoms with E-state index in [1.54, 1.807) is 7.05 Å². The maximum Gasteiger partial charge on any atom is 0.391 e. The van der Waals surface area contributed by atoms with Crippen LogP contribution in [0.3, 0.4) is 0 Å². The van der Waals surface area contributed by atoms with Gasteiger partial charge in [-0.25, -0.2) is 0 Å². The molecule has 0 bridgehead atoms. The quantitative estimate of drug-likeness (QED) is 0.669. The highest BCUT2D eigenvalue weighted by Gasteiger charge is 2.26. The maximum absolute atomic E-state index is 11.6. The van der Waals surface area contributed by atoms with Gasteiger partial charge in [0, 0.05) is 0 Å². The van der Waals surface area contributed by atoms with Crippen molar-refractivity contribution in [1.82, 2.24) is 5.32 Å². The largest absolute Gasteiger partial charge is 0.391 e. The van der Waals surface area contributed by atoms with Crippen LogP contribution in [0.2, 0.25) is 0 Å². The lowest BCUT2D eigenvalue weighted by Crippen LogP contribution is -2.29. The fourth-order valence-electron chi connectivity index (χ4n) is 0.574. The van der Waals surface area contributed by atoms with Gasteiger partial charge in [0.15, 0.2) is 0 Å². The zero-order chi connectivity index (χ0) is 10.3. The fourth-order valence-corrected chi connectivity index (χ4v) is 0.574. The second-order valence-corrected chi connectivity index (χ2v) is 2.41. The van der Waals surface area contributed by atoms with E-state index >= 15 is 0 Å². The Kier molecular flexibility index (Phi) is 5.42. The monoisotopic (exact) mass is 196 g/mol. The molecule has 0 fully saturated rings. The summed E-state index contributed by atoms with van der Waals surface area (Å²) in [7, 11) is 1.54. The summed E-state index contributed by atoms with van der Waals surface area (Å²) in [6.07, 6.45) is -5.17. The van der Waals surface area contributed by atoms with Crippen LogP contribution in [0.25, 0.3) is 0 Å². The Labute approximate surface area is 74.5 Å². The lowest BCUT2D eigenvalue weighted by atomic mass is 10.3. The van der Waals surface area contributed by atoms with Gasteiger partial charge in [0.1, 0.15) is 6.04 Å². The molecule has 0 aromatic carbocycles. The number of rotatable bonds is 5. The lowest BCUT2D eigenvalue weighted by Gasteiger charge is -2.09. The van der Waals surface area contributed by atoms with Crippen LogP contribution >= 0.6 is 0 Å². The molecule has 6 heteroatoms. The Balaban J connectivity index is 3.41. The van der Waals surface area contributed by atoms with Gasteiger partial charge >= 0.3 is 6.18 Å². The van der Waals surface area contributed by atoms with Gasteiger partial charge in [0.05, 0.1) is 25.7 Å². The van der Waals surface area contributed by atoms with Gasteiger partial charge in [-0.05, 0) is 7.05 Å².